The average molecular weight is 408 g/mol. The number of nitrogens with one attached hydrogen (secondary N) is 1. The first-order valence-corrected chi connectivity index (χ1v) is 10.4. The molecule has 0 spiro atoms. The zero-order valence-electron chi connectivity index (χ0n) is 14.4. The van der Waals surface area contributed by atoms with Crippen LogP contribution in [0.25, 0.3) is 0 Å². The number of anilines is 1. The van der Waals surface area contributed by atoms with Crippen LogP contribution in [0.2, 0.25) is 5.32 Å². The Kier molecular flexibility index (Phi) is 6.00. The zero-order valence-corrected chi connectivity index (χ0v) is 16.2. The molecule has 3 nitrogen and oxygen atoms in total. The van der Waals surface area contributed by atoms with E-state index >= 15 is 0 Å². The number of hydrogen-bond donors (Lipinski definition) is 1. The van der Waals surface area contributed by atoms with Gasteiger partial charge in [-0.25, -0.2) is 0 Å². The molecule has 130 valence electrons. The van der Waals surface area contributed by atoms with E-state index in [1.54, 1.807) is 0 Å². The number of hydrogen-bond acceptors (Lipinski definition) is 2. The van der Waals surface area contributed by atoms with Crippen molar-refractivity contribution in [2.75, 3.05) is 5.32 Å². The number of Topliss-reactive ketones (excluding diaryl/α,β-unsaturated/α-hetero) is 1. The molecule has 0 saturated heterocycles. The summed E-state index contributed by atoms with van der Waals surface area (Å²) < 4.78 is 0.940. The van der Waals surface area contributed by atoms with Crippen LogP contribution in [0.1, 0.15) is 26.3 Å². The third-order valence-corrected chi connectivity index (χ3v) is 6.23. The molecule has 0 saturated carbocycles. The van der Waals surface area contributed by atoms with Crippen molar-refractivity contribution < 1.29 is 9.59 Å². The summed E-state index contributed by atoms with van der Waals surface area (Å²) in [4.78, 5) is 25.1. The fraction of sp³-hybridized carbons (Fsp3) is 0.0909. The molecule has 3 aromatic carbocycles. The third-order valence-electron chi connectivity index (χ3n) is 3.98. The fourth-order valence-electron chi connectivity index (χ4n) is 2.53. The van der Waals surface area contributed by atoms with Crippen molar-refractivity contribution in [3.05, 3.63) is 95.6 Å². The minimum absolute atomic E-state index is 0.105. The molecule has 3 aromatic rings. The van der Waals surface area contributed by atoms with Gasteiger partial charge in [-0.05, 0) is 0 Å². The molecule has 0 aliphatic carbocycles. The fourth-order valence-corrected chi connectivity index (χ4v) is 4.51. The van der Waals surface area contributed by atoms with Gasteiger partial charge >= 0.3 is 159 Å². The molecule has 0 fully saturated rings. The molecule has 0 aliphatic heterocycles. The van der Waals surface area contributed by atoms with E-state index in [1.807, 2.05) is 85.8 Å². The molecule has 0 heterocycles. The quantitative estimate of drug-likeness (QED) is 0.497. The van der Waals surface area contributed by atoms with Gasteiger partial charge in [0.05, 0.1) is 0 Å². The van der Waals surface area contributed by atoms with Gasteiger partial charge in [0, 0.05) is 0 Å². The molecule has 0 aliphatic rings. The summed E-state index contributed by atoms with van der Waals surface area (Å²) in [6, 6.07) is 24.5. The Bertz CT molecular complexity index is 922. The minimum atomic E-state index is -0.135. The van der Waals surface area contributed by atoms with Crippen LogP contribution in [0.15, 0.2) is 78.9 Å². The number of rotatable bonds is 6. The van der Waals surface area contributed by atoms with E-state index in [4.69, 9.17) is 0 Å². The molecule has 0 unspecified atom stereocenters. The Morgan fingerprint density at radius 3 is 2.27 bits per heavy atom. The van der Waals surface area contributed by atoms with Crippen molar-refractivity contribution in [2.45, 2.75) is 12.2 Å². The van der Waals surface area contributed by atoms with E-state index in [0.717, 1.165) is 21.3 Å². The number of carbonyl (C=O) groups excluding carboxylic acids is 2. The average Bonchev–Trinajstić information content (AvgIpc) is 2.68. The van der Waals surface area contributed by atoms with Gasteiger partial charge in [-0.3, -0.25) is 0 Å². The van der Waals surface area contributed by atoms with E-state index in [0.29, 0.717) is 10.9 Å². The predicted octanol–water partition coefficient (Wildman–Crippen LogP) is 3.88. The molecule has 1 N–H and O–H groups in total. The van der Waals surface area contributed by atoms with E-state index in [1.165, 1.54) is 0 Å². The number of carbonyl (C=O) groups is 2. The maximum absolute atomic E-state index is 12.7. The van der Waals surface area contributed by atoms with E-state index in [-0.39, 0.29) is 26.6 Å². The van der Waals surface area contributed by atoms with Gasteiger partial charge in [0.2, 0.25) is 0 Å². The van der Waals surface area contributed by atoms with E-state index in [2.05, 4.69) is 5.32 Å². The number of aryl methyl sites for hydroxylation is 1. The van der Waals surface area contributed by atoms with Crippen LogP contribution < -0.4 is 9.78 Å². The number of ketones is 1. The van der Waals surface area contributed by atoms with Gasteiger partial charge in [-0.2, -0.15) is 0 Å². The van der Waals surface area contributed by atoms with Crippen molar-refractivity contribution in [2.24, 2.45) is 0 Å². The first-order chi connectivity index (χ1) is 12.6. The molecule has 0 aromatic heterocycles. The first-order valence-electron chi connectivity index (χ1n) is 8.32. The van der Waals surface area contributed by atoms with Crippen LogP contribution in [0.5, 0.6) is 0 Å². The first kappa shape index (κ1) is 18.1. The third kappa shape index (κ3) is 4.48. The monoisotopic (exact) mass is 409 g/mol. The molecule has 0 radical (unpaired) electrons. The van der Waals surface area contributed by atoms with Crippen LogP contribution in [0.4, 0.5) is 5.69 Å². The standard InChI is InChI=1S/C22H19NO2Se/c1-16-9-5-7-13-19(16)23-22(25)18-12-6-8-14-21(18)26-15-20(24)17-10-3-2-4-11-17/h2-14H,15H2,1H3,(H,23,25). The summed E-state index contributed by atoms with van der Waals surface area (Å²) in [5.74, 6) is -0.0244. The molecule has 4 heteroatoms. The summed E-state index contributed by atoms with van der Waals surface area (Å²) in [6.45, 7) is 1.96. The van der Waals surface area contributed by atoms with Crippen LogP contribution in [0.3, 0.4) is 0 Å². The van der Waals surface area contributed by atoms with Crippen LogP contribution >= 0.6 is 0 Å². The van der Waals surface area contributed by atoms with Crippen LogP contribution in [0, 0.1) is 6.92 Å². The van der Waals surface area contributed by atoms with Gasteiger partial charge in [0.25, 0.3) is 0 Å². The predicted molar refractivity (Wildman–Crippen MR) is 107 cm³/mol. The molecule has 0 atom stereocenters. The summed E-state index contributed by atoms with van der Waals surface area (Å²) in [5, 5.41) is 3.41. The number of para-hydroxylation sites is 1. The van der Waals surface area contributed by atoms with Gasteiger partial charge in [0.1, 0.15) is 0 Å². The second kappa shape index (κ2) is 8.61. The molecular formula is C22H19NO2Se. The maximum atomic E-state index is 12.7. The Hall–Kier alpha value is -2.68. The normalized spacial score (nSPS) is 10.3. The van der Waals surface area contributed by atoms with Crippen molar-refractivity contribution in [1.29, 1.82) is 0 Å². The summed E-state index contributed by atoms with van der Waals surface area (Å²) in [5.41, 5.74) is 3.18. The van der Waals surface area contributed by atoms with Crippen LogP contribution in [-0.2, 0) is 0 Å². The van der Waals surface area contributed by atoms with Gasteiger partial charge in [-0.1, -0.05) is 0 Å². The molecule has 1 amide bonds. The summed E-state index contributed by atoms with van der Waals surface area (Å²) in [7, 11) is 0. The van der Waals surface area contributed by atoms with Gasteiger partial charge < -0.3 is 0 Å². The van der Waals surface area contributed by atoms with Crippen molar-refractivity contribution >= 4 is 36.8 Å². The SMILES string of the molecule is Cc1ccccc1NC(=O)c1ccccc1[Se]CC(=O)c1ccccc1. The molecule has 26 heavy (non-hydrogen) atoms. The Labute approximate surface area is 159 Å². The Morgan fingerprint density at radius 2 is 1.50 bits per heavy atom. The van der Waals surface area contributed by atoms with Gasteiger partial charge in [-0.15, -0.1) is 0 Å². The van der Waals surface area contributed by atoms with Crippen molar-refractivity contribution in [1.82, 2.24) is 0 Å². The van der Waals surface area contributed by atoms with Crippen LogP contribution in [-0.4, -0.2) is 26.6 Å². The second-order valence-corrected chi connectivity index (χ2v) is 7.98. The van der Waals surface area contributed by atoms with E-state index in [9.17, 15) is 9.59 Å². The topological polar surface area (TPSA) is 46.2 Å². The molecule has 0 bridgehead atoms. The molecular weight excluding hydrogens is 389 g/mol. The molecule has 3 rings (SSSR count). The zero-order chi connectivity index (χ0) is 18.4. The second-order valence-electron chi connectivity index (χ2n) is 5.84. The van der Waals surface area contributed by atoms with E-state index < -0.39 is 0 Å². The number of amides is 1. The number of benzene rings is 3. The summed E-state index contributed by atoms with van der Waals surface area (Å²) >= 11 is -0.105. The Morgan fingerprint density at radius 1 is 0.846 bits per heavy atom. The summed E-state index contributed by atoms with van der Waals surface area (Å²) in [6.07, 6.45) is 0. The van der Waals surface area contributed by atoms with Crippen molar-refractivity contribution in [3.63, 3.8) is 0 Å². The van der Waals surface area contributed by atoms with Gasteiger partial charge in [0.15, 0.2) is 0 Å². The Balaban J connectivity index is 1.73. The van der Waals surface area contributed by atoms with Crippen molar-refractivity contribution in [3.8, 4) is 0 Å².